The first-order valence-corrected chi connectivity index (χ1v) is 4.92. The highest BCUT2D eigenvalue weighted by atomic mass is 14.9. The second-order valence-corrected chi connectivity index (χ2v) is 3.35. The van der Waals surface area contributed by atoms with E-state index in [0.717, 1.165) is 13.0 Å². The Morgan fingerprint density at radius 3 is 2.46 bits per heavy atom. The van der Waals surface area contributed by atoms with Crippen LogP contribution in [0.1, 0.15) is 24.8 Å². The number of rotatable bonds is 5. The highest BCUT2D eigenvalue weighted by Crippen LogP contribution is 2.08. The van der Waals surface area contributed by atoms with Crippen LogP contribution in [0.4, 0.5) is 5.69 Å². The maximum atomic E-state index is 3.81. The molecule has 1 heteroatoms. The quantitative estimate of drug-likeness (QED) is 0.678. The molecule has 0 saturated heterocycles. The molecule has 0 aliphatic carbocycles. The lowest BCUT2D eigenvalue weighted by molar-refractivity contribution is 0.777. The topological polar surface area (TPSA) is 12.0 Å². The van der Waals surface area contributed by atoms with Crippen LogP contribution in [0.3, 0.4) is 0 Å². The molecule has 71 valence electrons. The summed E-state index contributed by atoms with van der Waals surface area (Å²) < 4.78 is 0. The Kier molecular flexibility index (Phi) is 4.37. The van der Waals surface area contributed by atoms with Crippen molar-refractivity contribution in [2.75, 3.05) is 11.9 Å². The molecule has 1 rings (SSSR count). The molecule has 0 heterocycles. The van der Waals surface area contributed by atoms with E-state index < -0.39 is 0 Å². The predicted molar refractivity (Wildman–Crippen MR) is 58.9 cm³/mol. The zero-order valence-electron chi connectivity index (χ0n) is 8.34. The normalized spacial score (nSPS) is 10.0. The second-order valence-electron chi connectivity index (χ2n) is 3.35. The first-order chi connectivity index (χ1) is 6.33. The molecule has 0 amide bonds. The fraction of sp³-hybridized carbons (Fsp3) is 0.417. The van der Waals surface area contributed by atoms with Gasteiger partial charge in [0.05, 0.1) is 0 Å². The Bertz CT molecular complexity index is 225. The maximum Gasteiger partial charge on any atom is 0.0340 e. The van der Waals surface area contributed by atoms with E-state index in [4.69, 9.17) is 0 Å². The van der Waals surface area contributed by atoms with Crippen molar-refractivity contribution in [1.82, 2.24) is 0 Å². The lowest BCUT2D eigenvalue weighted by Crippen LogP contribution is -2.00. The summed E-state index contributed by atoms with van der Waals surface area (Å²) >= 11 is 0. The van der Waals surface area contributed by atoms with Crippen molar-refractivity contribution in [3.63, 3.8) is 0 Å². The third-order valence-corrected chi connectivity index (χ3v) is 2.06. The van der Waals surface area contributed by atoms with E-state index >= 15 is 0 Å². The Balaban J connectivity index is 2.25. The van der Waals surface area contributed by atoms with Crippen molar-refractivity contribution in [3.05, 3.63) is 36.8 Å². The van der Waals surface area contributed by atoms with Gasteiger partial charge in [-0.05, 0) is 25.5 Å². The summed E-state index contributed by atoms with van der Waals surface area (Å²) in [4.78, 5) is 0. The van der Waals surface area contributed by atoms with Crippen molar-refractivity contribution in [2.24, 2.45) is 0 Å². The number of aryl methyl sites for hydroxylation is 1. The van der Waals surface area contributed by atoms with Gasteiger partial charge in [0.2, 0.25) is 0 Å². The van der Waals surface area contributed by atoms with Gasteiger partial charge in [-0.3, -0.25) is 0 Å². The standard InChI is InChI=1S/C12H18N/c1-3-4-5-10-13-12-8-6-11(2)7-9-12/h6-9,13H,1,3-5,10H2,2H3. The molecular formula is C12H18N. The van der Waals surface area contributed by atoms with Crippen LogP contribution in [-0.4, -0.2) is 6.54 Å². The minimum Gasteiger partial charge on any atom is -0.385 e. The van der Waals surface area contributed by atoms with Gasteiger partial charge < -0.3 is 5.32 Å². The zero-order valence-corrected chi connectivity index (χ0v) is 8.34. The smallest absolute Gasteiger partial charge is 0.0340 e. The number of nitrogens with one attached hydrogen (secondary N) is 1. The average molecular weight is 176 g/mol. The molecule has 1 N–H and O–H groups in total. The van der Waals surface area contributed by atoms with Gasteiger partial charge >= 0.3 is 0 Å². The molecule has 13 heavy (non-hydrogen) atoms. The molecule has 0 aromatic heterocycles. The zero-order chi connectivity index (χ0) is 9.52. The fourth-order valence-corrected chi connectivity index (χ4v) is 1.21. The molecule has 1 aromatic carbocycles. The highest BCUT2D eigenvalue weighted by molar-refractivity contribution is 5.44. The van der Waals surface area contributed by atoms with Crippen LogP contribution in [0.25, 0.3) is 0 Å². The average Bonchev–Trinajstić information content (AvgIpc) is 2.15. The third kappa shape index (κ3) is 3.97. The van der Waals surface area contributed by atoms with Crippen molar-refractivity contribution in [1.29, 1.82) is 0 Å². The lowest BCUT2D eigenvalue weighted by atomic mass is 10.2. The van der Waals surface area contributed by atoms with Crippen LogP contribution in [0.5, 0.6) is 0 Å². The van der Waals surface area contributed by atoms with Gasteiger partial charge in [-0.15, -0.1) is 0 Å². The minimum atomic E-state index is 1.04. The van der Waals surface area contributed by atoms with E-state index in [1.54, 1.807) is 0 Å². The molecule has 0 bridgehead atoms. The molecule has 1 radical (unpaired) electrons. The molecule has 0 spiro atoms. The maximum absolute atomic E-state index is 3.81. The first-order valence-electron chi connectivity index (χ1n) is 4.92. The largest absolute Gasteiger partial charge is 0.385 e. The number of hydrogen-bond donors (Lipinski definition) is 1. The van der Waals surface area contributed by atoms with E-state index in [1.807, 2.05) is 0 Å². The molecule has 0 saturated carbocycles. The number of unbranched alkanes of at least 4 members (excludes halogenated alkanes) is 2. The predicted octanol–water partition coefficient (Wildman–Crippen LogP) is 3.41. The highest BCUT2D eigenvalue weighted by Gasteiger charge is 1.90. The number of benzene rings is 1. The van der Waals surface area contributed by atoms with Crippen LogP contribution in [-0.2, 0) is 0 Å². The first kappa shape index (κ1) is 10.1. The van der Waals surface area contributed by atoms with Crippen LogP contribution in [0.15, 0.2) is 24.3 Å². The SMILES string of the molecule is [CH2]CCCCNc1ccc(C)cc1. The summed E-state index contributed by atoms with van der Waals surface area (Å²) in [5.41, 5.74) is 2.53. The van der Waals surface area contributed by atoms with Crippen LogP contribution in [0, 0.1) is 13.8 Å². The molecule has 1 nitrogen and oxygen atoms in total. The van der Waals surface area contributed by atoms with Crippen molar-refractivity contribution >= 4 is 5.69 Å². The monoisotopic (exact) mass is 176 g/mol. The number of anilines is 1. The Morgan fingerprint density at radius 1 is 1.15 bits per heavy atom. The van der Waals surface area contributed by atoms with Gasteiger partial charge in [0.25, 0.3) is 0 Å². The van der Waals surface area contributed by atoms with Gasteiger partial charge in [0.15, 0.2) is 0 Å². The van der Waals surface area contributed by atoms with Gasteiger partial charge in [0, 0.05) is 12.2 Å². The molecule has 0 atom stereocenters. The van der Waals surface area contributed by atoms with Gasteiger partial charge in [0.1, 0.15) is 0 Å². The van der Waals surface area contributed by atoms with Crippen LogP contribution >= 0.6 is 0 Å². The van der Waals surface area contributed by atoms with Gasteiger partial charge in [-0.2, -0.15) is 0 Å². The summed E-state index contributed by atoms with van der Waals surface area (Å²) in [5.74, 6) is 0. The summed E-state index contributed by atoms with van der Waals surface area (Å²) in [6.07, 6.45) is 3.45. The summed E-state index contributed by atoms with van der Waals surface area (Å²) in [6.45, 7) is 6.97. The van der Waals surface area contributed by atoms with E-state index in [2.05, 4.69) is 43.4 Å². The van der Waals surface area contributed by atoms with E-state index in [1.165, 1.54) is 24.1 Å². The summed E-state index contributed by atoms with van der Waals surface area (Å²) in [5, 5.41) is 3.38. The molecule has 1 aromatic rings. The van der Waals surface area contributed by atoms with E-state index in [9.17, 15) is 0 Å². The van der Waals surface area contributed by atoms with Crippen LogP contribution in [0.2, 0.25) is 0 Å². The number of hydrogen-bond acceptors (Lipinski definition) is 1. The Labute approximate surface area is 81.2 Å². The Morgan fingerprint density at radius 2 is 1.85 bits per heavy atom. The van der Waals surface area contributed by atoms with Gasteiger partial charge in [-0.25, -0.2) is 0 Å². The molecule has 0 fully saturated rings. The molecular weight excluding hydrogens is 158 g/mol. The second kappa shape index (κ2) is 5.63. The van der Waals surface area contributed by atoms with Gasteiger partial charge in [-0.1, -0.05) is 37.5 Å². The van der Waals surface area contributed by atoms with Crippen molar-refractivity contribution < 1.29 is 0 Å². The molecule has 0 unspecified atom stereocenters. The lowest BCUT2D eigenvalue weighted by Gasteiger charge is -2.05. The van der Waals surface area contributed by atoms with Crippen molar-refractivity contribution in [3.8, 4) is 0 Å². The minimum absolute atomic E-state index is 1.04. The summed E-state index contributed by atoms with van der Waals surface area (Å²) in [6, 6.07) is 8.51. The third-order valence-electron chi connectivity index (χ3n) is 2.06. The summed E-state index contributed by atoms with van der Waals surface area (Å²) in [7, 11) is 0. The molecule has 0 aliphatic heterocycles. The molecule has 0 aliphatic rings. The fourth-order valence-electron chi connectivity index (χ4n) is 1.21. The van der Waals surface area contributed by atoms with E-state index in [0.29, 0.717) is 0 Å². The van der Waals surface area contributed by atoms with Crippen LogP contribution < -0.4 is 5.32 Å². The van der Waals surface area contributed by atoms with E-state index in [-0.39, 0.29) is 0 Å². The van der Waals surface area contributed by atoms with Crippen molar-refractivity contribution in [2.45, 2.75) is 26.2 Å². The Hall–Kier alpha value is -0.980.